The highest BCUT2D eigenvalue weighted by molar-refractivity contribution is 14.0. The monoisotopic (exact) mass is 525 g/mol. The second kappa shape index (κ2) is 10.9. The maximum atomic E-state index is 5.82. The summed E-state index contributed by atoms with van der Waals surface area (Å²) in [4.78, 5) is 4.41. The number of hydrogen-bond acceptors (Lipinski definition) is 4. The number of nitrogens with one attached hydrogen (secondary N) is 2. The van der Waals surface area contributed by atoms with E-state index in [0.717, 1.165) is 43.5 Å². The number of nitrogens with zero attached hydrogens (tertiary/aromatic N) is 3. The van der Waals surface area contributed by atoms with Gasteiger partial charge in [0.2, 0.25) is 0 Å². The SMILES string of the molecule is CN=C(NCCCn1cccn1)NCC1(c2ccc3c(c2)OCCO3)CCCC1.I. The van der Waals surface area contributed by atoms with Crippen LogP contribution in [0.5, 0.6) is 11.5 Å². The van der Waals surface area contributed by atoms with Gasteiger partial charge in [-0.15, -0.1) is 24.0 Å². The summed E-state index contributed by atoms with van der Waals surface area (Å²) in [7, 11) is 1.83. The quantitative estimate of drug-likeness (QED) is 0.251. The van der Waals surface area contributed by atoms with Gasteiger partial charge in [-0.1, -0.05) is 18.9 Å². The number of halogens is 1. The number of benzene rings is 1. The van der Waals surface area contributed by atoms with Crippen molar-refractivity contribution >= 4 is 29.9 Å². The molecule has 0 saturated heterocycles. The van der Waals surface area contributed by atoms with E-state index in [-0.39, 0.29) is 29.4 Å². The third-order valence-corrected chi connectivity index (χ3v) is 5.95. The van der Waals surface area contributed by atoms with Crippen molar-refractivity contribution in [3.8, 4) is 11.5 Å². The standard InChI is InChI=1S/C22H31N5O2.HI/c1-23-21(24-10-4-12-27-13-5-11-26-27)25-17-22(8-2-3-9-22)18-6-7-19-20(16-18)29-15-14-28-19;/h5-7,11,13,16H,2-4,8-10,12,14-15,17H2,1H3,(H2,23,24,25);1H. The highest BCUT2D eigenvalue weighted by Crippen LogP contribution is 2.43. The van der Waals surface area contributed by atoms with Gasteiger partial charge in [-0.2, -0.15) is 5.10 Å². The van der Waals surface area contributed by atoms with Crippen molar-refractivity contribution in [2.45, 2.75) is 44.1 Å². The summed E-state index contributed by atoms with van der Waals surface area (Å²) >= 11 is 0. The normalized spacial score (nSPS) is 17.3. The van der Waals surface area contributed by atoms with E-state index >= 15 is 0 Å². The lowest BCUT2D eigenvalue weighted by Crippen LogP contribution is -2.45. The lowest BCUT2D eigenvalue weighted by molar-refractivity contribution is 0.171. The van der Waals surface area contributed by atoms with E-state index in [4.69, 9.17) is 9.47 Å². The van der Waals surface area contributed by atoms with Gasteiger partial charge in [-0.25, -0.2) is 0 Å². The van der Waals surface area contributed by atoms with Crippen LogP contribution < -0.4 is 20.1 Å². The molecule has 1 saturated carbocycles. The van der Waals surface area contributed by atoms with Crippen LogP contribution in [0.15, 0.2) is 41.7 Å². The van der Waals surface area contributed by atoms with Gasteiger partial charge in [0.05, 0.1) is 0 Å². The van der Waals surface area contributed by atoms with E-state index in [0.29, 0.717) is 13.2 Å². The van der Waals surface area contributed by atoms with Gasteiger partial charge < -0.3 is 20.1 Å². The fourth-order valence-electron chi connectivity index (χ4n) is 4.35. The first-order chi connectivity index (χ1) is 14.3. The fourth-order valence-corrected chi connectivity index (χ4v) is 4.35. The van der Waals surface area contributed by atoms with Gasteiger partial charge in [-0.05, 0) is 43.0 Å². The van der Waals surface area contributed by atoms with Gasteiger partial charge in [-0.3, -0.25) is 9.67 Å². The topological polar surface area (TPSA) is 72.7 Å². The van der Waals surface area contributed by atoms with E-state index in [1.165, 1.54) is 31.2 Å². The molecule has 2 aromatic rings. The molecule has 8 heteroatoms. The lowest BCUT2D eigenvalue weighted by Gasteiger charge is -2.32. The zero-order chi connectivity index (χ0) is 19.9. The molecule has 0 radical (unpaired) electrons. The van der Waals surface area contributed by atoms with Gasteiger partial charge in [0.15, 0.2) is 17.5 Å². The van der Waals surface area contributed by atoms with Crippen molar-refractivity contribution in [3.63, 3.8) is 0 Å². The lowest BCUT2D eigenvalue weighted by atomic mass is 9.78. The van der Waals surface area contributed by atoms with Crippen LogP contribution in [0.1, 0.15) is 37.7 Å². The molecule has 0 unspecified atom stereocenters. The van der Waals surface area contributed by atoms with Crippen LogP contribution >= 0.6 is 24.0 Å². The Balaban J connectivity index is 0.00000256. The minimum Gasteiger partial charge on any atom is -0.486 e. The second-order valence-corrected chi connectivity index (χ2v) is 7.82. The molecule has 1 aromatic heterocycles. The Morgan fingerprint density at radius 1 is 1.17 bits per heavy atom. The maximum absolute atomic E-state index is 5.82. The molecule has 1 fully saturated rings. The predicted molar refractivity (Wildman–Crippen MR) is 129 cm³/mol. The highest BCUT2D eigenvalue weighted by Gasteiger charge is 2.36. The van der Waals surface area contributed by atoms with Crippen molar-refractivity contribution in [2.75, 3.05) is 33.4 Å². The number of hydrogen-bond donors (Lipinski definition) is 2. The molecule has 0 atom stereocenters. The number of ether oxygens (including phenoxy) is 2. The van der Waals surface area contributed by atoms with Crippen molar-refractivity contribution in [1.29, 1.82) is 0 Å². The number of aromatic nitrogens is 2. The van der Waals surface area contributed by atoms with Crippen molar-refractivity contribution in [2.24, 2.45) is 4.99 Å². The number of fused-ring (bicyclic) bond motifs is 1. The molecule has 7 nitrogen and oxygen atoms in total. The summed E-state index contributed by atoms with van der Waals surface area (Å²) in [5.74, 6) is 2.59. The number of guanidine groups is 1. The van der Waals surface area contributed by atoms with E-state index in [1.54, 1.807) is 0 Å². The number of rotatable bonds is 7. The van der Waals surface area contributed by atoms with Gasteiger partial charge in [0.25, 0.3) is 0 Å². The van der Waals surface area contributed by atoms with Gasteiger partial charge >= 0.3 is 0 Å². The van der Waals surface area contributed by atoms with E-state index in [1.807, 2.05) is 30.2 Å². The maximum Gasteiger partial charge on any atom is 0.191 e. The Morgan fingerprint density at radius 2 is 1.97 bits per heavy atom. The summed E-state index contributed by atoms with van der Waals surface area (Å²) in [5.41, 5.74) is 1.45. The molecule has 0 spiro atoms. The first-order valence-electron chi connectivity index (χ1n) is 10.6. The van der Waals surface area contributed by atoms with Crippen LogP contribution in [0.3, 0.4) is 0 Å². The van der Waals surface area contributed by atoms with Crippen LogP contribution in [0, 0.1) is 0 Å². The van der Waals surface area contributed by atoms with Crippen LogP contribution in [-0.4, -0.2) is 49.1 Å². The first-order valence-corrected chi connectivity index (χ1v) is 10.6. The van der Waals surface area contributed by atoms with E-state index < -0.39 is 0 Å². The smallest absolute Gasteiger partial charge is 0.191 e. The molecule has 0 amide bonds. The molecule has 30 heavy (non-hydrogen) atoms. The average molecular weight is 525 g/mol. The first kappa shape index (κ1) is 22.7. The van der Waals surface area contributed by atoms with Crippen molar-refractivity contribution in [1.82, 2.24) is 20.4 Å². The summed E-state index contributed by atoms with van der Waals surface area (Å²) in [6.07, 6.45) is 9.66. The zero-order valence-electron chi connectivity index (χ0n) is 17.6. The third kappa shape index (κ3) is 5.39. The molecular weight excluding hydrogens is 493 g/mol. The Kier molecular flexibility index (Phi) is 8.24. The zero-order valence-corrected chi connectivity index (χ0v) is 19.9. The van der Waals surface area contributed by atoms with E-state index in [9.17, 15) is 0 Å². The third-order valence-electron chi connectivity index (χ3n) is 5.95. The summed E-state index contributed by atoms with van der Waals surface area (Å²) < 4.78 is 13.5. The van der Waals surface area contributed by atoms with Crippen LogP contribution in [0.2, 0.25) is 0 Å². The fraction of sp³-hybridized carbons (Fsp3) is 0.545. The number of aliphatic imine (C=N–C) groups is 1. The summed E-state index contributed by atoms with van der Waals surface area (Å²) in [6, 6.07) is 8.40. The largest absolute Gasteiger partial charge is 0.486 e. The van der Waals surface area contributed by atoms with Gasteiger partial charge in [0, 0.05) is 44.5 Å². The molecule has 4 rings (SSSR count). The summed E-state index contributed by atoms with van der Waals surface area (Å²) in [6.45, 7) is 3.87. The van der Waals surface area contributed by atoms with Crippen LogP contribution in [0.25, 0.3) is 0 Å². The molecule has 2 heterocycles. The molecule has 164 valence electrons. The molecule has 1 aromatic carbocycles. The predicted octanol–water partition coefficient (Wildman–Crippen LogP) is 3.34. The van der Waals surface area contributed by atoms with Crippen LogP contribution in [-0.2, 0) is 12.0 Å². The van der Waals surface area contributed by atoms with E-state index in [2.05, 4.69) is 38.9 Å². The summed E-state index contributed by atoms with van der Waals surface area (Å²) in [5, 5.41) is 11.2. The molecular formula is C22H32IN5O2. The minimum absolute atomic E-state index is 0. The minimum atomic E-state index is 0. The average Bonchev–Trinajstić information content (AvgIpc) is 3.46. The van der Waals surface area contributed by atoms with Crippen molar-refractivity contribution in [3.05, 3.63) is 42.2 Å². The second-order valence-electron chi connectivity index (χ2n) is 7.82. The molecule has 0 bridgehead atoms. The molecule has 2 N–H and O–H groups in total. The molecule has 1 aliphatic carbocycles. The Bertz CT molecular complexity index is 819. The van der Waals surface area contributed by atoms with Crippen LogP contribution in [0.4, 0.5) is 0 Å². The van der Waals surface area contributed by atoms with Crippen molar-refractivity contribution < 1.29 is 9.47 Å². The molecule has 1 aliphatic heterocycles. The number of aryl methyl sites for hydroxylation is 1. The highest BCUT2D eigenvalue weighted by atomic mass is 127. The van der Waals surface area contributed by atoms with Gasteiger partial charge in [0.1, 0.15) is 13.2 Å². The Labute approximate surface area is 195 Å². The Morgan fingerprint density at radius 3 is 2.70 bits per heavy atom. The Hall–Kier alpha value is -1.97. The molecule has 2 aliphatic rings.